The molecule has 1 unspecified atom stereocenters. The maximum atomic E-state index is 9.80. The summed E-state index contributed by atoms with van der Waals surface area (Å²) in [6.45, 7) is 0. The highest BCUT2D eigenvalue weighted by Gasteiger charge is 2.24. The summed E-state index contributed by atoms with van der Waals surface area (Å²) in [6, 6.07) is 5.38. The van der Waals surface area contributed by atoms with Crippen molar-refractivity contribution in [2.24, 2.45) is 5.73 Å². The van der Waals surface area contributed by atoms with Gasteiger partial charge < -0.3 is 10.8 Å². The lowest BCUT2D eigenvalue weighted by molar-refractivity contribution is 0.470. The summed E-state index contributed by atoms with van der Waals surface area (Å²) in [7, 11) is 0. The number of fused-ring (bicyclic) bond motifs is 2. The predicted molar refractivity (Wildman–Crippen MR) is 81.2 cm³/mol. The van der Waals surface area contributed by atoms with Crippen LogP contribution in [0, 0.1) is 0 Å². The number of hydrogen-bond donors (Lipinski definition) is 2. The molecule has 3 nitrogen and oxygen atoms in total. The first kappa shape index (κ1) is 13.1. The van der Waals surface area contributed by atoms with E-state index in [-0.39, 0.29) is 11.8 Å². The standard InChI is InChI=1S/C14H12Br2N2O/c15-8-5-7-1-2-9-10(3-4-11(19)12(9)16)13(17)14(7)18-6-8/h3-6,13,19H,1-2,17H2. The molecule has 1 atom stereocenters. The van der Waals surface area contributed by atoms with Crippen LogP contribution in [0.1, 0.15) is 28.4 Å². The van der Waals surface area contributed by atoms with Crippen molar-refractivity contribution < 1.29 is 5.11 Å². The van der Waals surface area contributed by atoms with E-state index in [1.54, 1.807) is 12.3 Å². The van der Waals surface area contributed by atoms with Crippen LogP contribution in [0.25, 0.3) is 0 Å². The van der Waals surface area contributed by atoms with Gasteiger partial charge in [0.1, 0.15) is 5.75 Å². The smallest absolute Gasteiger partial charge is 0.130 e. The van der Waals surface area contributed by atoms with E-state index in [9.17, 15) is 5.11 Å². The molecule has 1 aromatic heterocycles. The van der Waals surface area contributed by atoms with Gasteiger partial charge in [-0.25, -0.2) is 0 Å². The van der Waals surface area contributed by atoms with Gasteiger partial charge in [-0.2, -0.15) is 0 Å². The molecule has 0 saturated heterocycles. The van der Waals surface area contributed by atoms with Crippen molar-refractivity contribution in [2.75, 3.05) is 0 Å². The monoisotopic (exact) mass is 382 g/mol. The fourth-order valence-electron chi connectivity index (χ4n) is 2.55. The van der Waals surface area contributed by atoms with Crippen molar-refractivity contribution in [3.05, 3.63) is 55.7 Å². The van der Waals surface area contributed by atoms with Gasteiger partial charge in [0, 0.05) is 10.7 Å². The molecule has 3 N–H and O–H groups in total. The average Bonchev–Trinajstić information content (AvgIpc) is 2.52. The summed E-state index contributed by atoms with van der Waals surface area (Å²) in [4.78, 5) is 4.46. The number of hydrogen-bond acceptors (Lipinski definition) is 3. The van der Waals surface area contributed by atoms with E-state index in [1.807, 2.05) is 6.07 Å². The van der Waals surface area contributed by atoms with Crippen LogP contribution in [-0.4, -0.2) is 10.1 Å². The van der Waals surface area contributed by atoms with E-state index in [2.05, 4.69) is 42.9 Å². The second-order valence-electron chi connectivity index (χ2n) is 4.64. The van der Waals surface area contributed by atoms with Crippen LogP contribution in [0.3, 0.4) is 0 Å². The summed E-state index contributed by atoms with van der Waals surface area (Å²) in [5, 5.41) is 9.80. The first-order valence-corrected chi connectivity index (χ1v) is 7.56. The number of aromatic hydroxyl groups is 1. The van der Waals surface area contributed by atoms with E-state index < -0.39 is 0 Å². The van der Waals surface area contributed by atoms with E-state index >= 15 is 0 Å². The molecular weight excluding hydrogens is 372 g/mol. The highest BCUT2D eigenvalue weighted by Crippen LogP contribution is 2.38. The van der Waals surface area contributed by atoms with Crippen LogP contribution in [-0.2, 0) is 12.8 Å². The van der Waals surface area contributed by atoms with Gasteiger partial charge in [0.25, 0.3) is 0 Å². The number of aryl methyl sites for hydroxylation is 1. The molecule has 5 heteroatoms. The third kappa shape index (κ3) is 2.20. The number of rotatable bonds is 0. The number of nitrogens with two attached hydrogens (primary N) is 1. The Balaban J connectivity index is 2.19. The molecule has 98 valence electrons. The summed E-state index contributed by atoms with van der Waals surface area (Å²) in [5.74, 6) is 0.256. The molecule has 2 aromatic rings. The fraction of sp³-hybridized carbons (Fsp3) is 0.214. The zero-order valence-electron chi connectivity index (χ0n) is 10.0. The van der Waals surface area contributed by atoms with Gasteiger partial charge in [-0.1, -0.05) is 6.07 Å². The number of phenols is 1. The van der Waals surface area contributed by atoms with Gasteiger partial charge in [0.2, 0.25) is 0 Å². The summed E-state index contributed by atoms with van der Waals surface area (Å²) in [5.41, 5.74) is 10.5. The Bertz CT molecular complexity index is 658. The minimum atomic E-state index is -0.252. The second-order valence-corrected chi connectivity index (χ2v) is 6.35. The third-order valence-electron chi connectivity index (χ3n) is 3.50. The van der Waals surface area contributed by atoms with E-state index in [4.69, 9.17) is 5.73 Å². The number of phenolic OH excluding ortho intramolecular Hbond substituents is 1. The highest BCUT2D eigenvalue weighted by molar-refractivity contribution is 9.10. The van der Waals surface area contributed by atoms with Crippen LogP contribution >= 0.6 is 31.9 Å². The van der Waals surface area contributed by atoms with Crippen molar-refractivity contribution in [1.29, 1.82) is 0 Å². The Morgan fingerprint density at radius 2 is 2.05 bits per heavy atom. The van der Waals surface area contributed by atoms with Crippen molar-refractivity contribution >= 4 is 31.9 Å². The molecule has 1 aliphatic rings. The SMILES string of the molecule is NC1c2ccc(O)c(Br)c2CCc2cc(Br)cnc21. The third-order valence-corrected chi connectivity index (χ3v) is 4.82. The molecule has 0 radical (unpaired) electrons. The Kier molecular flexibility index (Phi) is 3.37. The van der Waals surface area contributed by atoms with Crippen LogP contribution in [0.4, 0.5) is 0 Å². The Labute approximate surface area is 128 Å². The minimum absolute atomic E-state index is 0.252. The largest absolute Gasteiger partial charge is 0.507 e. The van der Waals surface area contributed by atoms with E-state index in [0.29, 0.717) is 0 Å². The van der Waals surface area contributed by atoms with Gasteiger partial charge in [-0.05, 0) is 73.5 Å². The molecule has 0 saturated carbocycles. The molecule has 0 bridgehead atoms. The van der Waals surface area contributed by atoms with Gasteiger partial charge >= 0.3 is 0 Å². The first-order chi connectivity index (χ1) is 9.08. The molecule has 1 heterocycles. The number of nitrogens with zero attached hydrogens (tertiary/aromatic N) is 1. The van der Waals surface area contributed by atoms with Gasteiger partial charge in [-0.3, -0.25) is 4.98 Å². The lowest BCUT2D eigenvalue weighted by atomic mass is 9.99. The average molecular weight is 384 g/mol. The summed E-state index contributed by atoms with van der Waals surface area (Å²) < 4.78 is 1.71. The van der Waals surface area contributed by atoms with Crippen LogP contribution in [0.2, 0.25) is 0 Å². The fourth-order valence-corrected chi connectivity index (χ4v) is 3.49. The minimum Gasteiger partial charge on any atom is -0.507 e. The normalized spacial score (nSPS) is 17.5. The van der Waals surface area contributed by atoms with Gasteiger partial charge in [-0.15, -0.1) is 0 Å². The molecule has 3 rings (SSSR count). The molecule has 19 heavy (non-hydrogen) atoms. The van der Waals surface area contributed by atoms with E-state index in [0.717, 1.165) is 44.2 Å². The number of benzene rings is 1. The quantitative estimate of drug-likeness (QED) is 0.732. The zero-order chi connectivity index (χ0) is 13.6. The van der Waals surface area contributed by atoms with Crippen molar-refractivity contribution in [3.63, 3.8) is 0 Å². The van der Waals surface area contributed by atoms with E-state index in [1.165, 1.54) is 0 Å². The molecule has 1 aliphatic carbocycles. The topological polar surface area (TPSA) is 59.1 Å². The predicted octanol–water partition coefficient (Wildman–Crippen LogP) is 3.46. The van der Waals surface area contributed by atoms with Crippen LogP contribution in [0.5, 0.6) is 5.75 Å². The van der Waals surface area contributed by atoms with Crippen LogP contribution in [0.15, 0.2) is 33.3 Å². The molecule has 1 aromatic carbocycles. The second kappa shape index (κ2) is 4.89. The zero-order valence-corrected chi connectivity index (χ0v) is 13.2. The molecule has 0 amide bonds. The molecular formula is C14H12Br2N2O. The van der Waals surface area contributed by atoms with Crippen molar-refractivity contribution in [1.82, 2.24) is 4.98 Å². The molecule has 0 spiro atoms. The molecule has 0 fully saturated rings. The van der Waals surface area contributed by atoms with Crippen molar-refractivity contribution in [2.45, 2.75) is 18.9 Å². The lowest BCUT2D eigenvalue weighted by Crippen LogP contribution is -2.15. The lowest BCUT2D eigenvalue weighted by Gasteiger charge is -2.16. The Morgan fingerprint density at radius 1 is 1.26 bits per heavy atom. The number of aromatic nitrogens is 1. The van der Waals surface area contributed by atoms with Crippen molar-refractivity contribution in [3.8, 4) is 5.75 Å². The molecule has 0 aliphatic heterocycles. The Hall–Kier alpha value is -0.910. The Morgan fingerprint density at radius 3 is 2.84 bits per heavy atom. The van der Waals surface area contributed by atoms with Gasteiger partial charge in [0.15, 0.2) is 0 Å². The summed E-state index contributed by atoms with van der Waals surface area (Å²) >= 11 is 6.90. The maximum absolute atomic E-state index is 9.80. The first-order valence-electron chi connectivity index (χ1n) is 5.98. The highest BCUT2D eigenvalue weighted by atomic mass is 79.9. The van der Waals surface area contributed by atoms with Gasteiger partial charge in [0.05, 0.1) is 16.2 Å². The van der Waals surface area contributed by atoms with Crippen LogP contribution < -0.4 is 5.73 Å². The maximum Gasteiger partial charge on any atom is 0.130 e. The number of pyridine rings is 1. The summed E-state index contributed by atoms with van der Waals surface area (Å²) in [6.07, 6.45) is 3.48. The number of halogens is 2.